The van der Waals surface area contributed by atoms with E-state index in [1.54, 1.807) is 30.3 Å². The fraction of sp³-hybridized carbons (Fsp3) is 0.181. The van der Waals surface area contributed by atoms with Crippen LogP contribution >= 0.6 is 0 Å². The van der Waals surface area contributed by atoms with Gasteiger partial charge in [-0.15, -0.1) is 0 Å². The fourth-order valence-electron chi connectivity index (χ4n) is 11.3. The lowest BCUT2D eigenvalue weighted by Crippen LogP contribution is -2.31. The summed E-state index contributed by atoms with van der Waals surface area (Å²) in [6.45, 7) is 9.43. The lowest BCUT2D eigenvalue weighted by molar-refractivity contribution is -0.660. The Kier molecular flexibility index (Phi) is 18.0. The Bertz CT molecular complexity index is 4710. The zero-order valence-electron chi connectivity index (χ0n) is 60.0. The molecule has 0 radical (unpaired) electrons. The Morgan fingerprint density at radius 1 is 0.348 bits per heavy atom. The second-order valence-corrected chi connectivity index (χ2v) is 22.9. The lowest BCUT2D eigenvalue weighted by Gasteiger charge is -2.14. The van der Waals surface area contributed by atoms with Crippen LogP contribution in [-0.4, -0.2) is 0 Å². The number of halogens is 2. The standard InChI is InChI=1S/C22H23FN.C21H21FN.2C20H20N/c1-15(2)20-13-22(19-8-6-5-7-16(19)3)24(4)14-21(20)17-9-11-18(23)12-10-17;1-4-16-13-21(19-8-6-5-7-15(19)2)23(3)14-20(16)17-9-11-18(22)12-10-17;1-15-8-4-6-10-18(15)17-12-13-20(21(3)14-17)19-11-7-5-9-16(19)2;1-15-7-6-9-17(13-15)18-11-12-20(21(3)14-18)19-10-5-4-8-16(19)2/h5-15H,1-4H3;5-14H,4H2,1-3H3;2*4-14H,1-3H3/q4*+1/i1D3,15D;1D3;;. The Morgan fingerprint density at radius 3 is 1.17 bits per heavy atom. The predicted octanol–water partition coefficient (Wildman–Crippen LogP) is 19.2. The second kappa shape index (κ2) is 29.3. The summed E-state index contributed by atoms with van der Waals surface area (Å²) in [5, 5.41) is 0. The van der Waals surface area contributed by atoms with E-state index < -0.39 is 19.6 Å². The van der Waals surface area contributed by atoms with Crippen molar-refractivity contribution in [3.05, 3.63) is 311 Å². The van der Waals surface area contributed by atoms with Gasteiger partial charge in [0, 0.05) is 78.4 Å². The highest BCUT2D eigenvalue weighted by Gasteiger charge is 2.22. The van der Waals surface area contributed by atoms with Crippen LogP contribution in [0.1, 0.15) is 80.6 Å². The monoisotopic (exact) mass is 1180 g/mol. The topological polar surface area (TPSA) is 15.5 Å². The van der Waals surface area contributed by atoms with Crippen LogP contribution in [0.4, 0.5) is 8.78 Å². The first kappa shape index (κ1) is 54.6. The third kappa shape index (κ3) is 15.5. The molecule has 4 nitrogen and oxygen atoms in total. The number of pyridine rings is 4. The normalized spacial score (nSPS) is 12.9. The molecule has 12 rings (SSSR count). The van der Waals surface area contributed by atoms with E-state index >= 15 is 0 Å². The van der Waals surface area contributed by atoms with Crippen LogP contribution in [-0.2, 0) is 34.6 Å². The maximum absolute atomic E-state index is 13.4. The van der Waals surface area contributed by atoms with Crippen LogP contribution in [0.5, 0.6) is 0 Å². The van der Waals surface area contributed by atoms with Crippen LogP contribution in [0.15, 0.2) is 255 Å². The molecular formula is C83H84F2N4+4. The Balaban J connectivity index is 0.000000151. The van der Waals surface area contributed by atoms with Gasteiger partial charge in [-0.25, -0.2) is 27.0 Å². The van der Waals surface area contributed by atoms with E-state index in [1.165, 1.54) is 98.2 Å². The highest BCUT2D eigenvalue weighted by Crippen LogP contribution is 2.34. The van der Waals surface area contributed by atoms with Crippen molar-refractivity contribution in [1.29, 1.82) is 0 Å². The zero-order chi connectivity index (χ0) is 69.2. The molecule has 1 unspecified atom stereocenters. The molecule has 0 N–H and O–H groups in total. The van der Waals surface area contributed by atoms with Gasteiger partial charge < -0.3 is 0 Å². The van der Waals surface area contributed by atoms with Crippen molar-refractivity contribution < 1.29 is 36.6 Å². The summed E-state index contributed by atoms with van der Waals surface area (Å²) >= 11 is 0. The van der Waals surface area contributed by atoms with Gasteiger partial charge >= 0.3 is 0 Å². The van der Waals surface area contributed by atoms with E-state index in [0.717, 1.165) is 50.3 Å². The van der Waals surface area contributed by atoms with Gasteiger partial charge in [0.1, 0.15) is 39.8 Å². The number of aryl methyl sites for hydroxylation is 11. The number of hydrogen-bond acceptors (Lipinski definition) is 0. The van der Waals surface area contributed by atoms with Crippen molar-refractivity contribution in [1.82, 2.24) is 0 Å². The first-order valence-corrected chi connectivity index (χ1v) is 30.0. The zero-order valence-corrected chi connectivity index (χ0v) is 53.0. The number of nitrogens with zero attached hydrogens (tertiary/aromatic N) is 4. The van der Waals surface area contributed by atoms with E-state index in [0.29, 0.717) is 16.7 Å². The van der Waals surface area contributed by atoms with Gasteiger partial charge in [0.25, 0.3) is 0 Å². The van der Waals surface area contributed by atoms with Gasteiger partial charge in [-0.1, -0.05) is 172 Å². The summed E-state index contributed by atoms with van der Waals surface area (Å²) < 4.78 is 90.6. The molecule has 6 heteroatoms. The largest absolute Gasteiger partial charge is 0.212 e. The van der Waals surface area contributed by atoms with Crippen molar-refractivity contribution in [2.45, 2.75) is 74.5 Å². The number of benzene rings is 8. The summed E-state index contributed by atoms with van der Waals surface area (Å²) in [6, 6.07) is 74.6. The van der Waals surface area contributed by atoms with E-state index in [2.05, 4.69) is 185 Å². The third-order valence-corrected chi connectivity index (χ3v) is 16.3. The first-order chi connectivity index (χ1) is 45.6. The fourth-order valence-corrected chi connectivity index (χ4v) is 11.3. The van der Waals surface area contributed by atoms with Crippen LogP contribution in [0.3, 0.4) is 0 Å². The molecule has 4 aromatic heterocycles. The second-order valence-electron chi connectivity index (χ2n) is 22.9. The van der Waals surface area contributed by atoms with Gasteiger partial charge in [0.2, 0.25) is 22.8 Å². The number of aromatic nitrogens is 4. The molecule has 8 aromatic carbocycles. The minimum absolute atomic E-state index is 0.0422. The molecule has 0 spiro atoms. The minimum atomic E-state index is -2.52. The van der Waals surface area contributed by atoms with Crippen LogP contribution in [0, 0.1) is 53.2 Å². The van der Waals surface area contributed by atoms with Gasteiger partial charge in [0.15, 0.2) is 24.8 Å². The highest BCUT2D eigenvalue weighted by molar-refractivity contribution is 5.73. The molecule has 0 aliphatic carbocycles. The molecule has 4 heterocycles. The smallest absolute Gasteiger partial charge is 0.207 e. The molecule has 0 aliphatic rings. The molecule has 0 amide bonds. The summed E-state index contributed by atoms with van der Waals surface area (Å²) in [5.74, 6) is -2.51. The van der Waals surface area contributed by atoms with E-state index in [4.69, 9.17) is 9.60 Å². The van der Waals surface area contributed by atoms with Crippen molar-refractivity contribution in [3.8, 4) is 89.5 Å². The number of hydrogen-bond donors (Lipinski definition) is 0. The van der Waals surface area contributed by atoms with E-state index in [1.807, 2.05) is 104 Å². The van der Waals surface area contributed by atoms with Gasteiger partial charge in [-0.2, -0.15) is 0 Å². The molecule has 0 saturated heterocycles. The van der Waals surface area contributed by atoms with Crippen molar-refractivity contribution in [2.75, 3.05) is 0 Å². The lowest BCUT2D eigenvalue weighted by atomic mass is 9.91. The summed E-state index contributed by atoms with van der Waals surface area (Å²) in [6.07, 6.45) is 8.12. The molecule has 0 bridgehead atoms. The maximum Gasteiger partial charge on any atom is 0.212 e. The van der Waals surface area contributed by atoms with Crippen molar-refractivity contribution >= 4 is 0 Å². The Labute approximate surface area is 537 Å². The summed E-state index contributed by atoms with van der Waals surface area (Å²) in [5.41, 5.74) is 25.3. The Morgan fingerprint density at radius 2 is 0.730 bits per heavy atom. The van der Waals surface area contributed by atoms with Crippen LogP contribution < -0.4 is 18.3 Å². The predicted molar refractivity (Wildman–Crippen MR) is 366 cm³/mol. The van der Waals surface area contributed by atoms with Crippen molar-refractivity contribution in [3.63, 3.8) is 0 Å². The quantitative estimate of drug-likeness (QED) is 0.121. The molecule has 1 atom stereocenters. The Hall–Kier alpha value is -9.78. The van der Waals surface area contributed by atoms with E-state index in [-0.39, 0.29) is 18.1 Å². The van der Waals surface area contributed by atoms with Gasteiger partial charge in [-0.05, 0) is 176 Å². The molecule has 0 aliphatic heterocycles. The van der Waals surface area contributed by atoms with E-state index in [9.17, 15) is 8.78 Å². The number of rotatable bonds is 10. The molecule has 0 saturated carbocycles. The summed E-state index contributed by atoms with van der Waals surface area (Å²) in [7, 11) is 8.05. The minimum Gasteiger partial charge on any atom is -0.207 e. The van der Waals surface area contributed by atoms with Crippen LogP contribution in [0.2, 0.25) is 0 Å². The summed E-state index contributed by atoms with van der Waals surface area (Å²) in [4.78, 5) is 0. The average molecular weight is 1180 g/mol. The average Bonchev–Trinajstić information content (AvgIpc) is 0.743. The SMILES string of the molecule is Cc1cccc(-c2ccc(-c3ccccc3C)[n+](C)c2)c1.Cc1ccccc1-c1ccc(-c2ccccc2C)[n+](C)c1.[2H]C([2H])([2H])C([2H])(C)c1cc(-c2ccccc2C)[n+](C)cc1-c1ccc(F)cc1.[2H]C([2H])([2H])Cc1cc(-c2ccccc2C)[n+](C)cc1-c1ccc(F)cc1. The van der Waals surface area contributed by atoms with Crippen LogP contribution in [0.25, 0.3) is 89.5 Å². The third-order valence-electron chi connectivity index (χ3n) is 16.3. The molecule has 446 valence electrons. The van der Waals surface area contributed by atoms with Crippen molar-refractivity contribution in [2.24, 2.45) is 28.2 Å². The molecule has 89 heavy (non-hydrogen) atoms. The highest BCUT2D eigenvalue weighted by atomic mass is 19.1. The molecule has 12 aromatic rings. The maximum atomic E-state index is 13.4. The molecular weight excluding hydrogens is 1090 g/mol. The van der Waals surface area contributed by atoms with Gasteiger partial charge in [-0.3, -0.25) is 0 Å². The first-order valence-electron chi connectivity index (χ1n) is 33.5. The van der Waals surface area contributed by atoms with Gasteiger partial charge in [0.05, 0.1) is 0 Å². The molecule has 0 fully saturated rings.